The Bertz CT molecular complexity index is 948. The second kappa shape index (κ2) is 5.77. The Kier molecular flexibility index (Phi) is 3.47. The largest absolute Gasteiger partial charge is 0.364 e. The molecule has 5 nitrogen and oxygen atoms in total. The van der Waals surface area contributed by atoms with Crippen LogP contribution in [0.2, 0.25) is 0 Å². The molecule has 0 bridgehead atoms. The van der Waals surface area contributed by atoms with Crippen LogP contribution in [-0.4, -0.2) is 19.8 Å². The van der Waals surface area contributed by atoms with E-state index in [0.29, 0.717) is 29.4 Å². The first-order chi connectivity index (χ1) is 11.3. The Morgan fingerprint density at radius 3 is 2.83 bits per heavy atom. The van der Waals surface area contributed by atoms with Gasteiger partial charge in [-0.1, -0.05) is 18.2 Å². The monoisotopic (exact) mass is 325 g/mol. The summed E-state index contributed by atoms with van der Waals surface area (Å²) < 4.78 is 15.3. The molecule has 3 aromatic heterocycles. The number of benzene rings is 1. The molecule has 7 heteroatoms. The molecule has 0 spiro atoms. The lowest BCUT2D eigenvalue weighted by Crippen LogP contribution is -2.05. The Morgan fingerprint density at radius 1 is 1.09 bits per heavy atom. The lowest BCUT2D eigenvalue weighted by Gasteiger charge is -2.07. The third-order valence-electron chi connectivity index (χ3n) is 3.46. The fourth-order valence-corrected chi connectivity index (χ4v) is 2.92. The smallest absolute Gasteiger partial charge is 0.186 e. The van der Waals surface area contributed by atoms with Crippen LogP contribution in [0.3, 0.4) is 0 Å². The van der Waals surface area contributed by atoms with Gasteiger partial charge in [-0.3, -0.25) is 0 Å². The third kappa shape index (κ3) is 2.66. The van der Waals surface area contributed by atoms with Gasteiger partial charge in [-0.05, 0) is 29.6 Å². The Hall–Kier alpha value is -2.80. The number of aromatic nitrogens is 4. The molecule has 0 unspecified atom stereocenters. The van der Waals surface area contributed by atoms with Crippen LogP contribution in [0, 0.1) is 5.82 Å². The van der Waals surface area contributed by atoms with Crippen molar-refractivity contribution in [2.24, 2.45) is 0 Å². The van der Waals surface area contributed by atoms with Crippen molar-refractivity contribution in [1.29, 1.82) is 0 Å². The first kappa shape index (κ1) is 13.8. The second-order valence-corrected chi connectivity index (χ2v) is 5.75. The summed E-state index contributed by atoms with van der Waals surface area (Å²) in [5.74, 6) is 1.09. The lowest BCUT2D eigenvalue weighted by molar-refractivity contribution is 0.612. The van der Waals surface area contributed by atoms with Crippen molar-refractivity contribution < 1.29 is 4.39 Å². The lowest BCUT2D eigenvalue weighted by atomic mass is 10.2. The van der Waals surface area contributed by atoms with Gasteiger partial charge in [-0.2, -0.15) is 15.9 Å². The van der Waals surface area contributed by atoms with Gasteiger partial charge in [0.1, 0.15) is 11.6 Å². The van der Waals surface area contributed by atoms with Crippen LogP contribution in [0.5, 0.6) is 0 Å². The van der Waals surface area contributed by atoms with Crippen molar-refractivity contribution in [3.8, 4) is 11.4 Å². The quantitative estimate of drug-likeness (QED) is 0.623. The zero-order valence-corrected chi connectivity index (χ0v) is 12.8. The number of thiophene rings is 1. The Labute approximate surface area is 135 Å². The first-order valence-electron chi connectivity index (χ1n) is 7.03. The highest BCUT2D eigenvalue weighted by Gasteiger charge is 2.10. The topological polar surface area (TPSA) is 55.1 Å². The molecule has 0 atom stereocenters. The standard InChI is InChI=1S/C16H12FN5S/c17-13-4-2-1-3-11(13)9-18-14-5-6-15-19-20-16(22(15)21-14)12-7-8-23-10-12/h1-8,10H,9H2,(H,18,21). The van der Waals surface area contributed by atoms with Crippen molar-refractivity contribution in [1.82, 2.24) is 19.8 Å². The van der Waals surface area contributed by atoms with Crippen molar-refractivity contribution in [2.45, 2.75) is 6.54 Å². The maximum Gasteiger partial charge on any atom is 0.186 e. The van der Waals surface area contributed by atoms with E-state index in [-0.39, 0.29) is 5.82 Å². The summed E-state index contributed by atoms with van der Waals surface area (Å²) in [6, 6.07) is 12.3. The van der Waals surface area contributed by atoms with Crippen LogP contribution in [-0.2, 0) is 6.54 Å². The number of hydrogen-bond acceptors (Lipinski definition) is 5. The van der Waals surface area contributed by atoms with Crippen LogP contribution in [0.1, 0.15) is 5.56 Å². The molecule has 0 aliphatic carbocycles. The van der Waals surface area contributed by atoms with Gasteiger partial charge >= 0.3 is 0 Å². The average Bonchev–Trinajstić information content (AvgIpc) is 3.22. The van der Waals surface area contributed by atoms with E-state index in [1.165, 1.54) is 6.07 Å². The summed E-state index contributed by atoms with van der Waals surface area (Å²) in [5.41, 5.74) is 2.24. The fourth-order valence-electron chi connectivity index (χ4n) is 2.28. The van der Waals surface area contributed by atoms with Crippen molar-refractivity contribution in [3.05, 3.63) is 64.6 Å². The molecular weight excluding hydrogens is 313 g/mol. The van der Waals surface area contributed by atoms with Crippen molar-refractivity contribution in [3.63, 3.8) is 0 Å². The van der Waals surface area contributed by atoms with Gasteiger partial charge in [0.05, 0.1) is 0 Å². The number of rotatable bonds is 4. The van der Waals surface area contributed by atoms with Gasteiger partial charge in [0.25, 0.3) is 0 Å². The highest BCUT2D eigenvalue weighted by molar-refractivity contribution is 7.08. The van der Waals surface area contributed by atoms with Crippen molar-refractivity contribution in [2.75, 3.05) is 5.32 Å². The van der Waals surface area contributed by atoms with Gasteiger partial charge in [-0.25, -0.2) is 4.39 Å². The number of halogens is 1. The molecule has 23 heavy (non-hydrogen) atoms. The normalized spacial score (nSPS) is 11.0. The predicted octanol–water partition coefficient (Wildman–Crippen LogP) is 3.60. The molecule has 3 heterocycles. The molecular formula is C16H12FN5S. The maximum absolute atomic E-state index is 13.7. The summed E-state index contributed by atoms with van der Waals surface area (Å²) in [7, 11) is 0. The maximum atomic E-state index is 13.7. The summed E-state index contributed by atoms with van der Waals surface area (Å²) >= 11 is 1.59. The van der Waals surface area contributed by atoms with Crippen LogP contribution in [0.25, 0.3) is 17.0 Å². The summed E-state index contributed by atoms with van der Waals surface area (Å²) in [6.07, 6.45) is 0. The molecule has 0 fully saturated rings. The Balaban J connectivity index is 1.64. The molecule has 0 saturated heterocycles. The minimum Gasteiger partial charge on any atom is -0.364 e. The van der Waals surface area contributed by atoms with Crippen LogP contribution < -0.4 is 5.32 Å². The highest BCUT2D eigenvalue weighted by Crippen LogP contribution is 2.21. The Morgan fingerprint density at radius 2 is 2.00 bits per heavy atom. The minimum absolute atomic E-state index is 0.232. The number of fused-ring (bicyclic) bond motifs is 1. The zero-order chi connectivity index (χ0) is 15.6. The molecule has 0 amide bonds. The number of hydrogen-bond donors (Lipinski definition) is 1. The van der Waals surface area contributed by atoms with E-state index in [1.807, 2.05) is 35.0 Å². The van der Waals surface area contributed by atoms with Crippen LogP contribution >= 0.6 is 11.3 Å². The minimum atomic E-state index is -0.232. The van der Waals surface area contributed by atoms with Gasteiger partial charge in [0.2, 0.25) is 0 Å². The molecule has 4 aromatic rings. The predicted molar refractivity (Wildman–Crippen MR) is 87.8 cm³/mol. The zero-order valence-electron chi connectivity index (χ0n) is 12.0. The summed E-state index contributed by atoms with van der Waals surface area (Å²) in [6.45, 7) is 0.362. The van der Waals surface area contributed by atoms with E-state index < -0.39 is 0 Å². The molecule has 4 rings (SSSR count). The van der Waals surface area contributed by atoms with E-state index in [4.69, 9.17) is 0 Å². The number of nitrogens with one attached hydrogen (secondary N) is 1. The molecule has 0 aliphatic rings. The van der Waals surface area contributed by atoms with E-state index in [1.54, 1.807) is 28.0 Å². The number of nitrogens with zero attached hydrogens (tertiary/aromatic N) is 4. The van der Waals surface area contributed by atoms with Gasteiger partial charge in [-0.15, -0.1) is 15.3 Å². The van der Waals surface area contributed by atoms with Gasteiger partial charge < -0.3 is 5.32 Å². The molecule has 1 N–H and O–H groups in total. The van der Waals surface area contributed by atoms with Crippen LogP contribution in [0.4, 0.5) is 10.2 Å². The molecule has 114 valence electrons. The van der Waals surface area contributed by atoms with E-state index in [2.05, 4.69) is 20.6 Å². The molecule has 1 aromatic carbocycles. The average molecular weight is 325 g/mol. The van der Waals surface area contributed by atoms with Crippen molar-refractivity contribution >= 4 is 22.8 Å². The fraction of sp³-hybridized carbons (Fsp3) is 0.0625. The van der Waals surface area contributed by atoms with Gasteiger partial charge in [0.15, 0.2) is 11.5 Å². The first-order valence-corrected chi connectivity index (χ1v) is 7.98. The second-order valence-electron chi connectivity index (χ2n) is 4.97. The van der Waals surface area contributed by atoms with E-state index in [0.717, 1.165) is 5.56 Å². The summed E-state index contributed by atoms with van der Waals surface area (Å²) in [5, 5.41) is 19.9. The molecule has 0 radical (unpaired) electrons. The molecule has 0 aliphatic heterocycles. The van der Waals surface area contributed by atoms with E-state index in [9.17, 15) is 4.39 Å². The molecule has 0 saturated carbocycles. The number of anilines is 1. The third-order valence-corrected chi connectivity index (χ3v) is 4.14. The van der Waals surface area contributed by atoms with E-state index >= 15 is 0 Å². The summed E-state index contributed by atoms with van der Waals surface area (Å²) in [4.78, 5) is 0. The SMILES string of the molecule is Fc1ccccc1CNc1ccc2nnc(-c3ccsc3)n2n1. The highest BCUT2D eigenvalue weighted by atomic mass is 32.1. The van der Waals surface area contributed by atoms with Crippen LogP contribution in [0.15, 0.2) is 53.2 Å². The van der Waals surface area contributed by atoms with Gasteiger partial charge in [0, 0.05) is 23.1 Å².